The number of amides is 1. The van der Waals surface area contributed by atoms with E-state index in [1.807, 2.05) is 42.5 Å². The van der Waals surface area contributed by atoms with Crippen LogP contribution in [0.4, 0.5) is 10.1 Å². The molecule has 4 nitrogen and oxygen atoms in total. The van der Waals surface area contributed by atoms with Gasteiger partial charge in [0.1, 0.15) is 11.6 Å². The summed E-state index contributed by atoms with van der Waals surface area (Å²) in [5.74, 6) is 0.856. The molecule has 3 rings (SSSR count). The minimum absolute atomic E-state index is 0.133. The first-order chi connectivity index (χ1) is 13.2. The SMILES string of the molecule is O=C(CNCCc1ccccc1F)Nc1ccccc1Oc1ccccc1. The summed E-state index contributed by atoms with van der Waals surface area (Å²) < 4.78 is 19.4. The van der Waals surface area contributed by atoms with E-state index in [1.165, 1.54) is 6.07 Å². The van der Waals surface area contributed by atoms with Crippen LogP contribution in [-0.4, -0.2) is 19.0 Å². The first kappa shape index (κ1) is 18.6. The van der Waals surface area contributed by atoms with Gasteiger partial charge in [0, 0.05) is 0 Å². The molecule has 0 atom stereocenters. The van der Waals surface area contributed by atoms with Crippen molar-refractivity contribution in [3.63, 3.8) is 0 Å². The van der Waals surface area contributed by atoms with Crippen LogP contribution in [0.5, 0.6) is 11.5 Å². The van der Waals surface area contributed by atoms with Crippen LogP contribution in [0.25, 0.3) is 0 Å². The highest BCUT2D eigenvalue weighted by molar-refractivity contribution is 5.93. The molecule has 3 aromatic rings. The first-order valence-corrected chi connectivity index (χ1v) is 8.78. The highest BCUT2D eigenvalue weighted by Gasteiger charge is 2.08. The number of para-hydroxylation sites is 3. The van der Waals surface area contributed by atoms with E-state index in [4.69, 9.17) is 4.74 Å². The number of carbonyl (C=O) groups is 1. The number of hydrogen-bond donors (Lipinski definition) is 2. The van der Waals surface area contributed by atoms with E-state index in [1.54, 1.807) is 30.3 Å². The van der Waals surface area contributed by atoms with Crippen molar-refractivity contribution in [2.24, 2.45) is 0 Å². The summed E-state index contributed by atoms with van der Waals surface area (Å²) >= 11 is 0. The second-order valence-electron chi connectivity index (χ2n) is 5.98. The minimum atomic E-state index is -0.226. The summed E-state index contributed by atoms with van der Waals surface area (Å²) in [6.07, 6.45) is 0.521. The number of ether oxygens (including phenoxy) is 1. The van der Waals surface area contributed by atoms with Gasteiger partial charge in [-0.15, -0.1) is 0 Å². The lowest BCUT2D eigenvalue weighted by molar-refractivity contribution is -0.115. The highest BCUT2D eigenvalue weighted by Crippen LogP contribution is 2.28. The van der Waals surface area contributed by atoms with Gasteiger partial charge in [0.2, 0.25) is 5.91 Å². The van der Waals surface area contributed by atoms with Crippen molar-refractivity contribution in [2.75, 3.05) is 18.4 Å². The zero-order valence-electron chi connectivity index (χ0n) is 14.8. The van der Waals surface area contributed by atoms with Crippen molar-refractivity contribution in [1.29, 1.82) is 0 Å². The Labute approximate surface area is 158 Å². The molecule has 0 radical (unpaired) electrons. The number of rotatable bonds is 8. The van der Waals surface area contributed by atoms with Crippen molar-refractivity contribution in [3.05, 3.63) is 90.2 Å². The Bertz CT molecular complexity index is 884. The third-order valence-corrected chi connectivity index (χ3v) is 3.95. The maximum atomic E-state index is 13.6. The fraction of sp³-hybridized carbons (Fsp3) is 0.136. The second-order valence-corrected chi connectivity index (χ2v) is 5.98. The normalized spacial score (nSPS) is 10.4. The average molecular weight is 364 g/mol. The van der Waals surface area contributed by atoms with Crippen molar-refractivity contribution in [1.82, 2.24) is 5.32 Å². The molecule has 0 unspecified atom stereocenters. The van der Waals surface area contributed by atoms with Gasteiger partial charge in [-0.25, -0.2) is 4.39 Å². The lowest BCUT2D eigenvalue weighted by Crippen LogP contribution is -2.29. The van der Waals surface area contributed by atoms with Crippen LogP contribution in [0.2, 0.25) is 0 Å². The van der Waals surface area contributed by atoms with E-state index >= 15 is 0 Å². The van der Waals surface area contributed by atoms with Gasteiger partial charge >= 0.3 is 0 Å². The molecule has 0 fully saturated rings. The number of nitrogens with one attached hydrogen (secondary N) is 2. The molecule has 0 saturated carbocycles. The average Bonchev–Trinajstić information content (AvgIpc) is 2.69. The van der Waals surface area contributed by atoms with Crippen molar-refractivity contribution in [3.8, 4) is 11.5 Å². The van der Waals surface area contributed by atoms with E-state index in [9.17, 15) is 9.18 Å². The molecule has 27 heavy (non-hydrogen) atoms. The fourth-order valence-electron chi connectivity index (χ4n) is 2.59. The molecular weight excluding hydrogens is 343 g/mol. The summed E-state index contributed by atoms with van der Waals surface area (Å²) in [5.41, 5.74) is 1.23. The molecule has 5 heteroatoms. The summed E-state index contributed by atoms with van der Waals surface area (Å²) in [6.45, 7) is 0.643. The Morgan fingerprint density at radius 3 is 2.41 bits per heavy atom. The van der Waals surface area contributed by atoms with Gasteiger partial charge in [0.05, 0.1) is 12.2 Å². The van der Waals surface area contributed by atoms with Crippen LogP contribution in [-0.2, 0) is 11.2 Å². The Morgan fingerprint density at radius 1 is 0.889 bits per heavy atom. The Kier molecular flexibility index (Phi) is 6.55. The lowest BCUT2D eigenvalue weighted by Gasteiger charge is -2.12. The standard InChI is InChI=1S/C22H21FN2O2/c23-19-11-5-4-8-17(19)14-15-24-16-22(26)25-20-12-6-7-13-21(20)27-18-9-2-1-3-10-18/h1-13,24H,14-16H2,(H,25,26). The maximum Gasteiger partial charge on any atom is 0.238 e. The first-order valence-electron chi connectivity index (χ1n) is 8.78. The van der Waals surface area contributed by atoms with Crippen LogP contribution in [0.1, 0.15) is 5.56 Å². The molecule has 0 aliphatic carbocycles. The summed E-state index contributed by atoms with van der Waals surface area (Å²) in [5, 5.41) is 5.87. The molecule has 0 aliphatic rings. The molecular formula is C22H21FN2O2. The summed E-state index contributed by atoms with van der Waals surface area (Å²) in [6, 6.07) is 23.3. The maximum absolute atomic E-state index is 13.6. The lowest BCUT2D eigenvalue weighted by atomic mass is 10.1. The number of carbonyl (C=O) groups excluding carboxylic acids is 1. The molecule has 0 bridgehead atoms. The highest BCUT2D eigenvalue weighted by atomic mass is 19.1. The van der Waals surface area contributed by atoms with E-state index in [0.29, 0.717) is 35.7 Å². The quantitative estimate of drug-likeness (QED) is 0.583. The van der Waals surface area contributed by atoms with E-state index in [-0.39, 0.29) is 18.3 Å². The van der Waals surface area contributed by atoms with Crippen molar-refractivity contribution < 1.29 is 13.9 Å². The second kappa shape index (κ2) is 9.50. The van der Waals surface area contributed by atoms with Gasteiger partial charge in [-0.3, -0.25) is 4.79 Å². The molecule has 0 saturated heterocycles. The zero-order valence-corrected chi connectivity index (χ0v) is 14.8. The predicted octanol–water partition coefficient (Wildman–Crippen LogP) is 4.39. The van der Waals surface area contributed by atoms with Crippen LogP contribution >= 0.6 is 0 Å². The summed E-state index contributed by atoms with van der Waals surface area (Å²) in [4.78, 5) is 12.2. The van der Waals surface area contributed by atoms with Crippen molar-refractivity contribution >= 4 is 11.6 Å². The van der Waals surface area contributed by atoms with E-state index < -0.39 is 0 Å². The zero-order chi connectivity index (χ0) is 18.9. The molecule has 2 N–H and O–H groups in total. The van der Waals surface area contributed by atoms with Crippen LogP contribution < -0.4 is 15.4 Å². The predicted molar refractivity (Wildman–Crippen MR) is 105 cm³/mol. The smallest absolute Gasteiger partial charge is 0.238 e. The Morgan fingerprint density at radius 2 is 1.59 bits per heavy atom. The van der Waals surface area contributed by atoms with Gasteiger partial charge in [-0.2, -0.15) is 0 Å². The number of anilines is 1. The van der Waals surface area contributed by atoms with E-state index in [0.717, 1.165) is 0 Å². The number of benzene rings is 3. The minimum Gasteiger partial charge on any atom is -0.455 e. The third-order valence-electron chi connectivity index (χ3n) is 3.95. The Balaban J connectivity index is 1.50. The molecule has 138 valence electrons. The van der Waals surface area contributed by atoms with E-state index in [2.05, 4.69) is 10.6 Å². The molecule has 0 aliphatic heterocycles. The Hall–Kier alpha value is -3.18. The van der Waals surface area contributed by atoms with Gasteiger partial charge in [-0.1, -0.05) is 48.5 Å². The van der Waals surface area contributed by atoms with Gasteiger partial charge in [0.15, 0.2) is 5.75 Å². The molecule has 1 amide bonds. The fourth-order valence-corrected chi connectivity index (χ4v) is 2.59. The van der Waals surface area contributed by atoms with Crippen LogP contribution in [0, 0.1) is 5.82 Å². The largest absolute Gasteiger partial charge is 0.455 e. The molecule has 3 aromatic carbocycles. The van der Waals surface area contributed by atoms with Gasteiger partial charge in [0.25, 0.3) is 0 Å². The summed E-state index contributed by atoms with van der Waals surface area (Å²) in [7, 11) is 0. The number of halogens is 1. The molecule has 0 aromatic heterocycles. The van der Waals surface area contributed by atoms with Crippen LogP contribution in [0.3, 0.4) is 0 Å². The van der Waals surface area contributed by atoms with Crippen molar-refractivity contribution in [2.45, 2.75) is 6.42 Å². The van der Waals surface area contributed by atoms with Gasteiger partial charge < -0.3 is 15.4 Å². The molecule has 0 spiro atoms. The third kappa shape index (κ3) is 5.66. The monoisotopic (exact) mass is 364 g/mol. The van der Waals surface area contributed by atoms with Gasteiger partial charge in [-0.05, 0) is 48.9 Å². The molecule has 0 heterocycles. The van der Waals surface area contributed by atoms with Crippen LogP contribution in [0.15, 0.2) is 78.9 Å². The topological polar surface area (TPSA) is 50.4 Å². The number of hydrogen-bond acceptors (Lipinski definition) is 3.